The van der Waals surface area contributed by atoms with Gasteiger partial charge in [0.1, 0.15) is 13.2 Å². The maximum atomic E-state index is 12.8. The number of ether oxygens (including phenoxy) is 3. The van der Waals surface area contributed by atoms with Crippen LogP contribution in [0.3, 0.4) is 0 Å². The monoisotopic (exact) mass is 869 g/mol. The highest BCUT2D eigenvalue weighted by atomic mass is 16.6. The molecular weight excluding hydrogens is 769 g/mol. The minimum Gasteiger partial charge on any atom is -0.462 e. The molecule has 1 atom stereocenters. The summed E-state index contributed by atoms with van der Waals surface area (Å²) in [6.07, 6.45) is 60.9. The van der Waals surface area contributed by atoms with Crippen LogP contribution < -0.4 is 0 Å². The predicted octanol–water partition coefficient (Wildman–Crippen LogP) is 17.5. The Morgan fingerprint density at radius 1 is 0.323 bits per heavy atom. The van der Waals surface area contributed by atoms with E-state index in [1.807, 2.05) is 0 Å². The summed E-state index contributed by atoms with van der Waals surface area (Å²) < 4.78 is 16.8. The Bertz CT molecular complexity index is 1090. The molecule has 0 aromatic heterocycles. The van der Waals surface area contributed by atoms with Crippen LogP contribution in [0.5, 0.6) is 0 Å². The van der Waals surface area contributed by atoms with Gasteiger partial charge in [-0.3, -0.25) is 14.4 Å². The molecule has 0 radical (unpaired) electrons. The van der Waals surface area contributed by atoms with Gasteiger partial charge in [0, 0.05) is 19.3 Å². The van der Waals surface area contributed by atoms with Gasteiger partial charge in [-0.15, -0.1) is 0 Å². The summed E-state index contributed by atoms with van der Waals surface area (Å²) in [7, 11) is 0. The second kappa shape index (κ2) is 51.0. The molecule has 0 aromatic rings. The minimum atomic E-state index is -0.782. The van der Waals surface area contributed by atoms with Crippen molar-refractivity contribution in [2.24, 2.45) is 0 Å². The molecule has 0 aliphatic rings. The highest BCUT2D eigenvalue weighted by Gasteiger charge is 2.19. The van der Waals surface area contributed by atoms with Gasteiger partial charge in [0.2, 0.25) is 0 Å². The van der Waals surface area contributed by atoms with E-state index in [1.165, 1.54) is 141 Å². The highest BCUT2D eigenvalue weighted by molar-refractivity contribution is 5.71. The third-order valence-electron chi connectivity index (χ3n) is 11.5. The Morgan fingerprint density at radius 3 is 0.984 bits per heavy atom. The molecular formula is C56H100O6. The van der Waals surface area contributed by atoms with Crippen LogP contribution in [0.4, 0.5) is 0 Å². The molecule has 0 fully saturated rings. The van der Waals surface area contributed by atoms with Gasteiger partial charge in [0.05, 0.1) is 0 Å². The van der Waals surface area contributed by atoms with Gasteiger partial charge in [-0.1, -0.05) is 204 Å². The van der Waals surface area contributed by atoms with Gasteiger partial charge in [-0.25, -0.2) is 0 Å². The molecule has 0 aromatic carbocycles. The summed E-state index contributed by atoms with van der Waals surface area (Å²) in [6.45, 7) is 6.57. The summed E-state index contributed by atoms with van der Waals surface area (Å²) in [6, 6.07) is 0. The second-order valence-electron chi connectivity index (χ2n) is 17.8. The fraction of sp³-hybridized carbons (Fsp3) is 0.804. The lowest BCUT2D eigenvalue weighted by Gasteiger charge is -2.18. The summed E-state index contributed by atoms with van der Waals surface area (Å²) >= 11 is 0. The number of unbranched alkanes of at least 4 members (excludes halogenated alkanes) is 29. The number of carbonyl (C=O) groups is 3. The van der Waals surface area contributed by atoms with E-state index >= 15 is 0 Å². The quantitative estimate of drug-likeness (QED) is 0.0262. The lowest BCUT2D eigenvalue weighted by molar-refractivity contribution is -0.167. The van der Waals surface area contributed by atoms with E-state index < -0.39 is 6.10 Å². The van der Waals surface area contributed by atoms with Crippen molar-refractivity contribution in [3.8, 4) is 0 Å². The smallest absolute Gasteiger partial charge is 0.306 e. The van der Waals surface area contributed by atoms with Crippen LogP contribution >= 0.6 is 0 Å². The maximum Gasteiger partial charge on any atom is 0.306 e. The largest absolute Gasteiger partial charge is 0.462 e. The molecule has 0 bridgehead atoms. The lowest BCUT2D eigenvalue weighted by atomic mass is 10.1. The topological polar surface area (TPSA) is 78.9 Å². The van der Waals surface area contributed by atoms with Gasteiger partial charge in [-0.2, -0.15) is 0 Å². The molecule has 1 unspecified atom stereocenters. The molecule has 6 nitrogen and oxygen atoms in total. The first kappa shape index (κ1) is 59.4. The van der Waals surface area contributed by atoms with Gasteiger partial charge in [-0.05, 0) is 96.3 Å². The lowest BCUT2D eigenvalue weighted by Crippen LogP contribution is -2.30. The van der Waals surface area contributed by atoms with Crippen LogP contribution in [0, 0.1) is 0 Å². The fourth-order valence-corrected chi connectivity index (χ4v) is 7.45. The van der Waals surface area contributed by atoms with E-state index in [0.29, 0.717) is 19.3 Å². The number of hydrogen-bond donors (Lipinski definition) is 0. The third kappa shape index (κ3) is 48.4. The molecule has 0 saturated heterocycles. The first-order valence-electron chi connectivity index (χ1n) is 26.6. The van der Waals surface area contributed by atoms with Crippen molar-refractivity contribution in [3.63, 3.8) is 0 Å². The Balaban J connectivity index is 4.37. The molecule has 6 heteroatoms. The third-order valence-corrected chi connectivity index (χ3v) is 11.5. The van der Waals surface area contributed by atoms with Crippen LogP contribution in [0.25, 0.3) is 0 Å². The molecule has 0 rings (SSSR count). The SMILES string of the molecule is CCCC/C=C\CCCCCCCC(=O)OCC(COC(=O)CCCCCCCCC/C=C\C/C=C\CCCCC)OC(=O)CCCCCCC/C=C\CCCCCCCCC. The first-order valence-corrected chi connectivity index (χ1v) is 26.6. The zero-order valence-corrected chi connectivity index (χ0v) is 41.1. The molecule has 0 saturated carbocycles. The van der Waals surface area contributed by atoms with E-state index in [2.05, 4.69) is 69.4 Å². The first-order chi connectivity index (χ1) is 30.5. The zero-order valence-electron chi connectivity index (χ0n) is 41.1. The van der Waals surface area contributed by atoms with E-state index in [0.717, 1.165) is 89.9 Å². The van der Waals surface area contributed by atoms with Crippen LogP contribution in [-0.2, 0) is 28.6 Å². The number of hydrogen-bond acceptors (Lipinski definition) is 6. The normalized spacial score (nSPS) is 12.4. The van der Waals surface area contributed by atoms with E-state index in [9.17, 15) is 14.4 Å². The van der Waals surface area contributed by atoms with Crippen molar-refractivity contribution in [2.45, 2.75) is 277 Å². The van der Waals surface area contributed by atoms with Gasteiger partial charge in [0.15, 0.2) is 6.10 Å². The standard InChI is InChI=1S/C56H100O6/c1-4-7-10-13-16-19-22-24-26-28-30-31-34-37-40-43-46-49-55(58)61-52-53(51-60-54(57)48-45-42-39-36-33-21-18-15-12-9-6-3)62-56(59)50-47-44-41-38-35-32-29-27-25-23-20-17-14-11-8-5-2/h15-16,18-19,24,26-27,29,53H,4-14,17,20-23,25,28,30-52H2,1-3H3/b18-15-,19-16-,26-24-,29-27-. The van der Waals surface area contributed by atoms with Crippen molar-refractivity contribution < 1.29 is 28.6 Å². The van der Waals surface area contributed by atoms with Gasteiger partial charge >= 0.3 is 17.9 Å². The molecule has 0 aliphatic carbocycles. The summed E-state index contributed by atoms with van der Waals surface area (Å²) in [5.41, 5.74) is 0. The fourth-order valence-electron chi connectivity index (χ4n) is 7.45. The molecule has 0 aliphatic heterocycles. The van der Waals surface area contributed by atoms with Gasteiger partial charge in [0.25, 0.3) is 0 Å². The summed E-state index contributed by atoms with van der Waals surface area (Å²) in [5.74, 6) is -0.901. The van der Waals surface area contributed by atoms with Crippen LogP contribution in [0.2, 0.25) is 0 Å². The van der Waals surface area contributed by atoms with Crippen LogP contribution in [0.15, 0.2) is 48.6 Å². The number of allylic oxidation sites excluding steroid dienone is 8. The molecule has 0 spiro atoms. The molecule has 62 heavy (non-hydrogen) atoms. The van der Waals surface area contributed by atoms with Crippen molar-refractivity contribution in [1.29, 1.82) is 0 Å². The van der Waals surface area contributed by atoms with E-state index in [4.69, 9.17) is 14.2 Å². The molecule has 360 valence electrons. The van der Waals surface area contributed by atoms with E-state index in [-0.39, 0.29) is 31.1 Å². The Kier molecular flexibility index (Phi) is 48.8. The average Bonchev–Trinajstić information content (AvgIpc) is 3.27. The highest BCUT2D eigenvalue weighted by Crippen LogP contribution is 2.14. The molecule has 0 amide bonds. The molecule has 0 heterocycles. The van der Waals surface area contributed by atoms with Crippen molar-refractivity contribution >= 4 is 17.9 Å². The van der Waals surface area contributed by atoms with Gasteiger partial charge < -0.3 is 14.2 Å². The van der Waals surface area contributed by atoms with E-state index in [1.54, 1.807) is 0 Å². The van der Waals surface area contributed by atoms with Crippen LogP contribution in [0.1, 0.15) is 271 Å². The van der Waals surface area contributed by atoms with Crippen molar-refractivity contribution in [2.75, 3.05) is 13.2 Å². The second-order valence-corrected chi connectivity index (χ2v) is 17.8. The average molecular weight is 869 g/mol. The Morgan fingerprint density at radius 2 is 0.597 bits per heavy atom. The Labute approximate surface area is 384 Å². The van der Waals surface area contributed by atoms with Crippen LogP contribution in [-0.4, -0.2) is 37.2 Å². The molecule has 0 N–H and O–H groups in total. The number of rotatable bonds is 48. The van der Waals surface area contributed by atoms with Crippen molar-refractivity contribution in [1.82, 2.24) is 0 Å². The predicted molar refractivity (Wildman–Crippen MR) is 265 cm³/mol. The summed E-state index contributed by atoms with van der Waals surface area (Å²) in [5, 5.41) is 0. The number of carbonyl (C=O) groups excluding carboxylic acids is 3. The Hall–Kier alpha value is -2.63. The zero-order chi connectivity index (χ0) is 45.1. The maximum absolute atomic E-state index is 12.8. The van der Waals surface area contributed by atoms with Crippen molar-refractivity contribution in [3.05, 3.63) is 48.6 Å². The minimum absolute atomic E-state index is 0.0824. The summed E-state index contributed by atoms with van der Waals surface area (Å²) in [4.78, 5) is 38.0. The number of esters is 3.